The number of hydrogen-bond donors (Lipinski definition) is 2. The van der Waals surface area contributed by atoms with Gasteiger partial charge in [-0.1, -0.05) is 18.2 Å². The molecule has 2 aliphatic heterocycles. The molecule has 0 amide bonds. The first-order valence-corrected chi connectivity index (χ1v) is 11.7. The maximum Gasteiger partial charge on any atom is 0.211 e. The summed E-state index contributed by atoms with van der Waals surface area (Å²) in [6.07, 6.45) is 3.86. The van der Waals surface area contributed by atoms with E-state index in [1.54, 1.807) is 11.4 Å². The smallest absolute Gasteiger partial charge is 0.211 e. The van der Waals surface area contributed by atoms with E-state index in [9.17, 15) is 8.42 Å². The highest BCUT2D eigenvalue weighted by atomic mass is 127. The Labute approximate surface area is 191 Å². The van der Waals surface area contributed by atoms with Gasteiger partial charge >= 0.3 is 0 Å². The van der Waals surface area contributed by atoms with Gasteiger partial charge in [0.05, 0.1) is 12.3 Å². The zero-order chi connectivity index (χ0) is 20.4. The van der Waals surface area contributed by atoms with Crippen LogP contribution >= 0.6 is 24.0 Å². The molecule has 0 spiro atoms. The summed E-state index contributed by atoms with van der Waals surface area (Å²) in [5.41, 5.74) is 0.898. The van der Waals surface area contributed by atoms with E-state index in [2.05, 4.69) is 35.5 Å². The predicted molar refractivity (Wildman–Crippen MR) is 128 cm³/mol. The minimum Gasteiger partial charge on any atom is -0.487 e. The average Bonchev–Trinajstić information content (AvgIpc) is 2.63. The lowest BCUT2D eigenvalue weighted by Gasteiger charge is -2.38. The molecule has 1 saturated heterocycles. The van der Waals surface area contributed by atoms with E-state index in [-0.39, 0.29) is 35.6 Å². The molecule has 2 N–H and O–H groups in total. The van der Waals surface area contributed by atoms with Gasteiger partial charge in [-0.3, -0.25) is 4.99 Å². The van der Waals surface area contributed by atoms with E-state index in [4.69, 9.17) is 4.74 Å². The summed E-state index contributed by atoms with van der Waals surface area (Å²) in [6.45, 7) is 6.18. The minimum absolute atomic E-state index is 0. The summed E-state index contributed by atoms with van der Waals surface area (Å²) in [5.74, 6) is 2.12. The molecule has 2 aliphatic rings. The average molecular weight is 536 g/mol. The molecule has 1 atom stereocenters. The molecule has 3 rings (SSSR count). The van der Waals surface area contributed by atoms with Crippen LogP contribution in [0.3, 0.4) is 0 Å². The molecule has 1 unspecified atom stereocenters. The topological polar surface area (TPSA) is 83.0 Å². The molecule has 164 valence electrons. The number of rotatable bonds is 4. The van der Waals surface area contributed by atoms with Gasteiger partial charge in [0.1, 0.15) is 11.4 Å². The van der Waals surface area contributed by atoms with Crippen LogP contribution in [0.5, 0.6) is 5.75 Å². The highest BCUT2D eigenvalue weighted by Crippen LogP contribution is 2.39. The first-order chi connectivity index (χ1) is 13.2. The van der Waals surface area contributed by atoms with E-state index in [0.29, 0.717) is 19.0 Å². The Morgan fingerprint density at radius 3 is 2.55 bits per heavy atom. The summed E-state index contributed by atoms with van der Waals surface area (Å²) in [6, 6.07) is 8.25. The van der Waals surface area contributed by atoms with Crippen molar-refractivity contribution in [2.24, 2.45) is 10.9 Å². The van der Waals surface area contributed by atoms with Crippen molar-refractivity contribution in [1.82, 2.24) is 14.9 Å². The number of sulfonamides is 1. The highest BCUT2D eigenvalue weighted by Gasteiger charge is 2.34. The van der Waals surface area contributed by atoms with Crippen LogP contribution < -0.4 is 15.4 Å². The zero-order valence-corrected chi connectivity index (χ0v) is 20.8. The lowest BCUT2D eigenvalue weighted by Crippen LogP contribution is -2.47. The van der Waals surface area contributed by atoms with Gasteiger partial charge in [-0.25, -0.2) is 12.7 Å². The van der Waals surface area contributed by atoms with Crippen LogP contribution in [0.2, 0.25) is 0 Å². The van der Waals surface area contributed by atoms with Gasteiger partial charge < -0.3 is 15.4 Å². The van der Waals surface area contributed by atoms with Crippen LogP contribution in [0.4, 0.5) is 0 Å². The first-order valence-electron chi connectivity index (χ1n) is 9.88. The fourth-order valence-corrected chi connectivity index (χ4v) is 4.85. The van der Waals surface area contributed by atoms with E-state index in [0.717, 1.165) is 43.1 Å². The van der Waals surface area contributed by atoms with Gasteiger partial charge in [0, 0.05) is 38.7 Å². The Kier molecular flexibility index (Phi) is 8.20. The second-order valence-electron chi connectivity index (χ2n) is 8.36. The number of halogens is 1. The molecule has 1 fully saturated rings. The van der Waals surface area contributed by atoms with Gasteiger partial charge in [0.2, 0.25) is 10.0 Å². The van der Waals surface area contributed by atoms with Crippen molar-refractivity contribution in [3.8, 4) is 5.75 Å². The Bertz CT molecular complexity index is 821. The number of fused-ring (bicyclic) bond motifs is 1. The number of ether oxygens (including phenoxy) is 1. The second-order valence-corrected chi connectivity index (χ2v) is 10.3. The van der Waals surface area contributed by atoms with Gasteiger partial charge in [-0.2, -0.15) is 0 Å². The van der Waals surface area contributed by atoms with Crippen molar-refractivity contribution in [3.05, 3.63) is 29.8 Å². The second kappa shape index (κ2) is 9.82. The number of para-hydroxylation sites is 1. The lowest BCUT2D eigenvalue weighted by atomic mass is 9.90. The Balaban J connectivity index is 0.00000300. The number of hydrogen-bond acceptors (Lipinski definition) is 4. The number of nitrogens with one attached hydrogen (secondary N) is 2. The van der Waals surface area contributed by atoms with Crippen molar-refractivity contribution in [2.75, 3.05) is 32.9 Å². The summed E-state index contributed by atoms with van der Waals surface area (Å²) in [4.78, 5) is 4.39. The third-order valence-electron chi connectivity index (χ3n) is 5.51. The van der Waals surface area contributed by atoms with Crippen LogP contribution in [-0.2, 0) is 10.0 Å². The summed E-state index contributed by atoms with van der Waals surface area (Å²) < 4.78 is 31.0. The third kappa shape index (κ3) is 6.45. The maximum atomic E-state index is 11.7. The molecule has 0 radical (unpaired) electrons. The monoisotopic (exact) mass is 536 g/mol. The van der Waals surface area contributed by atoms with Crippen LogP contribution in [0.15, 0.2) is 29.3 Å². The predicted octanol–water partition coefficient (Wildman–Crippen LogP) is 2.74. The molecular weight excluding hydrogens is 503 g/mol. The van der Waals surface area contributed by atoms with Crippen LogP contribution in [0, 0.1) is 5.92 Å². The van der Waals surface area contributed by atoms with Gasteiger partial charge in [0.15, 0.2) is 5.96 Å². The van der Waals surface area contributed by atoms with Crippen LogP contribution in [0.25, 0.3) is 0 Å². The van der Waals surface area contributed by atoms with Crippen molar-refractivity contribution in [1.29, 1.82) is 0 Å². The molecule has 0 bridgehead atoms. The third-order valence-corrected chi connectivity index (χ3v) is 6.81. The van der Waals surface area contributed by atoms with Crippen molar-refractivity contribution < 1.29 is 13.2 Å². The van der Waals surface area contributed by atoms with E-state index in [1.807, 2.05) is 18.2 Å². The van der Waals surface area contributed by atoms with Crippen molar-refractivity contribution in [3.63, 3.8) is 0 Å². The largest absolute Gasteiger partial charge is 0.487 e. The molecule has 7 nitrogen and oxygen atoms in total. The molecule has 0 saturated carbocycles. The van der Waals surface area contributed by atoms with Gasteiger partial charge in [-0.05, 0) is 38.7 Å². The highest BCUT2D eigenvalue weighted by molar-refractivity contribution is 14.0. The summed E-state index contributed by atoms with van der Waals surface area (Å²) in [5, 5.41) is 6.97. The molecule has 1 aromatic carbocycles. The molecule has 2 heterocycles. The Hall–Kier alpha value is -1.07. The maximum absolute atomic E-state index is 11.7. The molecular formula is C20H33IN4O3S. The molecule has 29 heavy (non-hydrogen) atoms. The molecule has 1 aromatic rings. The first kappa shape index (κ1) is 24.2. The Morgan fingerprint density at radius 2 is 1.93 bits per heavy atom. The number of aliphatic imine (C=N–C) groups is 1. The zero-order valence-electron chi connectivity index (χ0n) is 17.6. The standard InChI is InChI=1S/C20H32N4O3S.HI/c1-20(2)13-17(16-7-5-6-8-18(16)27-20)23-19(21-3)22-14-15-9-11-24(12-10-15)28(4,25)26;/h5-8,15,17H,9-14H2,1-4H3,(H2,21,22,23);1H. The lowest BCUT2D eigenvalue weighted by molar-refractivity contribution is 0.0694. The quantitative estimate of drug-likeness (QED) is 0.352. The van der Waals surface area contributed by atoms with E-state index in [1.165, 1.54) is 6.26 Å². The van der Waals surface area contributed by atoms with Crippen LogP contribution in [0.1, 0.15) is 44.7 Å². The molecule has 0 aromatic heterocycles. The normalized spacial score (nSPS) is 22.8. The van der Waals surface area contributed by atoms with Gasteiger partial charge in [-0.15, -0.1) is 24.0 Å². The van der Waals surface area contributed by atoms with Crippen LogP contribution in [-0.4, -0.2) is 57.2 Å². The number of benzene rings is 1. The summed E-state index contributed by atoms with van der Waals surface area (Å²) >= 11 is 0. The van der Waals surface area contributed by atoms with E-state index >= 15 is 0 Å². The fourth-order valence-electron chi connectivity index (χ4n) is 3.98. The van der Waals surface area contributed by atoms with Crippen molar-refractivity contribution >= 4 is 40.0 Å². The van der Waals surface area contributed by atoms with Gasteiger partial charge in [0.25, 0.3) is 0 Å². The number of guanidine groups is 1. The Morgan fingerprint density at radius 1 is 1.28 bits per heavy atom. The van der Waals surface area contributed by atoms with E-state index < -0.39 is 10.0 Å². The molecule has 9 heteroatoms. The molecule has 0 aliphatic carbocycles. The fraction of sp³-hybridized carbons (Fsp3) is 0.650. The minimum atomic E-state index is -3.08. The number of nitrogens with zero attached hydrogens (tertiary/aromatic N) is 2. The number of piperidine rings is 1. The van der Waals surface area contributed by atoms with Crippen molar-refractivity contribution in [2.45, 2.75) is 44.8 Å². The SMILES string of the molecule is CN=C(NCC1CCN(S(C)(=O)=O)CC1)NC1CC(C)(C)Oc2ccccc21.I. The summed E-state index contributed by atoms with van der Waals surface area (Å²) in [7, 11) is -1.30.